The van der Waals surface area contributed by atoms with E-state index >= 15 is 0 Å². The van der Waals surface area contributed by atoms with Gasteiger partial charge in [-0.25, -0.2) is 0 Å². The van der Waals surface area contributed by atoms with Crippen molar-refractivity contribution in [2.45, 2.75) is 58.0 Å². The summed E-state index contributed by atoms with van der Waals surface area (Å²) in [6.07, 6.45) is 5.08. The second-order valence-corrected chi connectivity index (χ2v) is 5.84. The van der Waals surface area contributed by atoms with E-state index in [4.69, 9.17) is 11.6 Å². The second-order valence-electron chi connectivity index (χ2n) is 5.28. The van der Waals surface area contributed by atoms with Crippen molar-refractivity contribution in [1.29, 1.82) is 0 Å². The first kappa shape index (κ1) is 13.9. The number of rotatable bonds is 5. The third-order valence-corrected chi connectivity index (χ3v) is 4.39. The molecule has 18 heavy (non-hydrogen) atoms. The van der Waals surface area contributed by atoms with Crippen LogP contribution in [0.25, 0.3) is 0 Å². The van der Waals surface area contributed by atoms with Gasteiger partial charge in [0.15, 0.2) is 0 Å². The van der Waals surface area contributed by atoms with E-state index in [2.05, 4.69) is 28.1 Å². The Kier molecular flexibility index (Phi) is 5.07. The predicted molar refractivity (Wildman–Crippen MR) is 75.9 cm³/mol. The fraction of sp³-hybridized carbons (Fsp3) is 0.786. The fourth-order valence-electron chi connectivity index (χ4n) is 2.79. The lowest BCUT2D eigenvalue weighted by atomic mass is 9.89. The van der Waals surface area contributed by atoms with E-state index in [1.807, 2.05) is 6.92 Å². The first-order valence-corrected chi connectivity index (χ1v) is 7.52. The molecule has 0 bridgehead atoms. The number of nitrogens with one attached hydrogen (secondary N) is 1. The summed E-state index contributed by atoms with van der Waals surface area (Å²) in [5, 5.41) is 8.37. The van der Waals surface area contributed by atoms with Gasteiger partial charge >= 0.3 is 0 Å². The van der Waals surface area contributed by atoms with E-state index < -0.39 is 0 Å². The molecule has 2 atom stereocenters. The quantitative estimate of drug-likeness (QED) is 0.833. The molecule has 0 spiro atoms. The molecular formula is C14H24ClN3. The lowest BCUT2D eigenvalue weighted by Crippen LogP contribution is -2.31. The molecule has 3 nitrogen and oxygen atoms in total. The normalized spacial score (nSPS) is 24.4. The van der Waals surface area contributed by atoms with Crippen LogP contribution in [0.1, 0.15) is 44.0 Å². The van der Waals surface area contributed by atoms with Gasteiger partial charge in [-0.2, -0.15) is 5.10 Å². The zero-order valence-electron chi connectivity index (χ0n) is 11.5. The molecule has 1 aromatic heterocycles. The number of hydrogen-bond acceptors (Lipinski definition) is 2. The molecule has 0 aliphatic heterocycles. The zero-order valence-corrected chi connectivity index (χ0v) is 12.2. The number of aromatic nitrogens is 2. The summed E-state index contributed by atoms with van der Waals surface area (Å²) in [4.78, 5) is 0. The van der Waals surface area contributed by atoms with Gasteiger partial charge in [0.2, 0.25) is 0 Å². The van der Waals surface area contributed by atoms with Gasteiger partial charge < -0.3 is 5.32 Å². The number of hydrogen-bond donors (Lipinski definition) is 1. The average molecular weight is 270 g/mol. The van der Waals surface area contributed by atoms with Crippen molar-refractivity contribution in [2.75, 3.05) is 6.54 Å². The number of aryl methyl sites for hydroxylation is 2. The molecule has 1 aromatic rings. The summed E-state index contributed by atoms with van der Waals surface area (Å²) < 4.78 is 2.07. The number of halogens is 1. The largest absolute Gasteiger partial charge is 0.311 e. The van der Waals surface area contributed by atoms with Gasteiger partial charge in [-0.3, -0.25) is 4.68 Å². The van der Waals surface area contributed by atoms with Gasteiger partial charge in [-0.1, -0.05) is 12.8 Å². The Balaban J connectivity index is 1.80. The Morgan fingerprint density at radius 3 is 2.94 bits per heavy atom. The minimum Gasteiger partial charge on any atom is -0.311 e. The number of alkyl halides is 1. The van der Waals surface area contributed by atoms with Crippen molar-refractivity contribution < 1.29 is 0 Å². The summed E-state index contributed by atoms with van der Waals surface area (Å²) in [5.41, 5.74) is 2.37. The van der Waals surface area contributed by atoms with Crippen LogP contribution in [0, 0.1) is 12.8 Å². The molecule has 0 aromatic carbocycles. The maximum atomic E-state index is 6.37. The molecule has 0 amide bonds. The Morgan fingerprint density at radius 2 is 2.22 bits per heavy atom. The van der Waals surface area contributed by atoms with Crippen molar-refractivity contribution >= 4 is 11.6 Å². The maximum absolute atomic E-state index is 6.37. The van der Waals surface area contributed by atoms with Crippen LogP contribution in [0.2, 0.25) is 0 Å². The highest BCUT2D eigenvalue weighted by Gasteiger charge is 2.22. The van der Waals surface area contributed by atoms with Crippen LogP contribution in [-0.4, -0.2) is 21.7 Å². The lowest BCUT2D eigenvalue weighted by Gasteiger charge is -2.27. The monoisotopic (exact) mass is 269 g/mol. The molecular weight excluding hydrogens is 246 g/mol. The molecule has 1 heterocycles. The van der Waals surface area contributed by atoms with Gasteiger partial charge in [-0.15, -0.1) is 11.6 Å². The first-order valence-electron chi connectivity index (χ1n) is 7.08. The van der Waals surface area contributed by atoms with E-state index in [0.29, 0.717) is 11.3 Å². The van der Waals surface area contributed by atoms with E-state index in [1.165, 1.54) is 31.4 Å². The van der Waals surface area contributed by atoms with E-state index in [1.54, 1.807) is 0 Å². The minimum atomic E-state index is 0.365. The molecule has 102 valence electrons. The van der Waals surface area contributed by atoms with Gasteiger partial charge in [0.1, 0.15) is 0 Å². The average Bonchev–Trinajstić information content (AvgIpc) is 2.72. The Labute approximate surface area is 115 Å². The predicted octanol–water partition coefficient (Wildman–Crippen LogP) is 3.10. The molecule has 1 saturated carbocycles. The minimum absolute atomic E-state index is 0.365. The van der Waals surface area contributed by atoms with Crippen molar-refractivity contribution in [2.24, 2.45) is 5.92 Å². The highest BCUT2D eigenvalue weighted by Crippen LogP contribution is 2.28. The molecule has 4 heteroatoms. The van der Waals surface area contributed by atoms with Crippen LogP contribution in [0.5, 0.6) is 0 Å². The van der Waals surface area contributed by atoms with Gasteiger partial charge in [0.05, 0.1) is 11.4 Å². The summed E-state index contributed by atoms with van der Waals surface area (Å²) in [6, 6.07) is 2.16. The summed E-state index contributed by atoms with van der Waals surface area (Å²) in [7, 11) is 0. The van der Waals surface area contributed by atoms with Crippen molar-refractivity contribution in [3.8, 4) is 0 Å². The molecule has 1 aliphatic rings. The molecule has 1 N–H and O–H groups in total. The third-order valence-electron chi connectivity index (χ3n) is 3.81. The SMILES string of the molecule is CCn1nc(C)cc1CNCC1CCCCC1Cl. The standard InChI is InChI=1S/C14H24ClN3/c1-3-18-13(8-11(2)17-18)10-16-9-12-6-4-5-7-14(12)15/h8,12,14,16H,3-7,9-10H2,1-2H3. The van der Waals surface area contributed by atoms with E-state index in [-0.39, 0.29) is 0 Å². The van der Waals surface area contributed by atoms with Gasteiger partial charge in [-0.05, 0) is 45.2 Å². The molecule has 2 rings (SSSR count). The fourth-order valence-corrected chi connectivity index (χ4v) is 3.16. The van der Waals surface area contributed by atoms with E-state index in [9.17, 15) is 0 Å². The highest BCUT2D eigenvalue weighted by atomic mass is 35.5. The van der Waals surface area contributed by atoms with Crippen LogP contribution in [0.15, 0.2) is 6.07 Å². The molecule has 0 saturated heterocycles. The van der Waals surface area contributed by atoms with Gasteiger partial charge in [0, 0.05) is 18.5 Å². The summed E-state index contributed by atoms with van der Waals surface area (Å²) >= 11 is 6.37. The topological polar surface area (TPSA) is 29.9 Å². The van der Waals surface area contributed by atoms with Crippen LogP contribution < -0.4 is 5.32 Å². The van der Waals surface area contributed by atoms with Crippen molar-refractivity contribution in [3.05, 3.63) is 17.5 Å². The van der Waals surface area contributed by atoms with Crippen LogP contribution >= 0.6 is 11.6 Å². The van der Waals surface area contributed by atoms with Crippen molar-refractivity contribution in [3.63, 3.8) is 0 Å². The Bertz CT molecular complexity index is 375. The van der Waals surface area contributed by atoms with Crippen LogP contribution in [0.3, 0.4) is 0 Å². The van der Waals surface area contributed by atoms with Crippen molar-refractivity contribution in [1.82, 2.24) is 15.1 Å². The molecule has 2 unspecified atom stereocenters. The van der Waals surface area contributed by atoms with Gasteiger partial charge in [0.25, 0.3) is 0 Å². The van der Waals surface area contributed by atoms with Crippen LogP contribution in [0.4, 0.5) is 0 Å². The Hall–Kier alpha value is -0.540. The second kappa shape index (κ2) is 6.58. The molecule has 0 radical (unpaired) electrons. The third kappa shape index (κ3) is 3.48. The lowest BCUT2D eigenvalue weighted by molar-refractivity contribution is 0.347. The van der Waals surface area contributed by atoms with E-state index in [0.717, 1.165) is 25.3 Å². The number of nitrogens with zero attached hydrogens (tertiary/aromatic N) is 2. The Morgan fingerprint density at radius 1 is 1.44 bits per heavy atom. The smallest absolute Gasteiger partial charge is 0.0597 e. The van der Waals surface area contributed by atoms with Crippen LogP contribution in [-0.2, 0) is 13.1 Å². The molecule has 1 fully saturated rings. The summed E-state index contributed by atoms with van der Waals surface area (Å²) in [5.74, 6) is 0.638. The summed E-state index contributed by atoms with van der Waals surface area (Å²) in [6.45, 7) is 7.04. The first-order chi connectivity index (χ1) is 8.70. The highest BCUT2D eigenvalue weighted by molar-refractivity contribution is 6.20. The zero-order chi connectivity index (χ0) is 13.0. The molecule has 1 aliphatic carbocycles. The maximum Gasteiger partial charge on any atom is 0.0597 e.